The zero-order valence-corrected chi connectivity index (χ0v) is 12.0. The van der Waals surface area contributed by atoms with E-state index < -0.39 is 17.8 Å². The Morgan fingerprint density at radius 3 is 2.35 bits per heavy atom. The van der Waals surface area contributed by atoms with E-state index in [1.54, 1.807) is 0 Å². The van der Waals surface area contributed by atoms with Crippen molar-refractivity contribution in [2.45, 2.75) is 39.5 Å². The predicted octanol–water partition coefficient (Wildman–Crippen LogP) is 3.13. The van der Waals surface area contributed by atoms with E-state index in [4.69, 9.17) is 0 Å². The first-order valence-electron chi connectivity index (χ1n) is 7.10. The van der Waals surface area contributed by atoms with Crippen LogP contribution in [0.25, 0.3) is 0 Å². The molecular weight excluding hydrogens is 254 g/mol. The summed E-state index contributed by atoms with van der Waals surface area (Å²) in [6, 6.07) is 5.74. The average molecular weight is 275 g/mol. The summed E-state index contributed by atoms with van der Waals surface area (Å²) in [4.78, 5) is 23.5. The summed E-state index contributed by atoms with van der Waals surface area (Å²) >= 11 is 0. The van der Waals surface area contributed by atoms with Crippen LogP contribution in [0.3, 0.4) is 0 Å². The van der Waals surface area contributed by atoms with Crippen molar-refractivity contribution >= 4 is 17.6 Å². The lowest BCUT2D eigenvalue weighted by atomic mass is 9.78. The maximum atomic E-state index is 12.3. The van der Waals surface area contributed by atoms with Gasteiger partial charge in [0, 0.05) is 5.69 Å². The highest BCUT2D eigenvalue weighted by Gasteiger charge is 2.35. The van der Waals surface area contributed by atoms with Gasteiger partial charge in [-0.05, 0) is 49.9 Å². The molecule has 4 heteroatoms. The minimum absolute atomic E-state index is 0.166. The van der Waals surface area contributed by atoms with Crippen LogP contribution in [0.15, 0.2) is 18.2 Å². The molecule has 1 aromatic carbocycles. The lowest BCUT2D eigenvalue weighted by Crippen LogP contribution is -2.36. The quantitative estimate of drug-likeness (QED) is 0.890. The first kappa shape index (κ1) is 14.6. The number of hydrogen-bond donors (Lipinski definition) is 2. The Balaban J connectivity index is 2.09. The number of aryl methyl sites for hydroxylation is 2. The smallest absolute Gasteiger partial charge is 0.307 e. The third kappa shape index (κ3) is 3.18. The summed E-state index contributed by atoms with van der Waals surface area (Å²) in [5.41, 5.74) is 3.03. The van der Waals surface area contributed by atoms with Gasteiger partial charge in [0.2, 0.25) is 5.91 Å². The minimum Gasteiger partial charge on any atom is -0.481 e. The monoisotopic (exact) mass is 275 g/mol. The first-order valence-corrected chi connectivity index (χ1v) is 7.10. The Labute approximate surface area is 119 Å². The SMILES string of the molecule is Cc1ccc(NC(=O)[C@H]2CCCC[C@@H]2C(=O)O)cc1C. The van der Waals surface area contributed by atoms with Gasteiger partial charge in [-0.2, -0.15) is 0 Å². The lowest BCUT2D eigenvalue weighted by molar-refractivity contribution is -0.147. The van der Waals surface area contributed by atoms with Crippen molar-refractivity contribution < 1.29 is 14.7 Å². The van der Waals surface area contributed by atoms with Crippen molar-refractivity contribution in [3.8, 4) is 0 Å². The van der Waals surface area contributed by atoms with Crippen molar-refractivity contribution in [1.29, 1.82) is 0 Å². The number of hydrogen-bond acceptors (Lipinski definition) is 2. The molecule has 1 fully saturated rings. The summed E-state index contributed by atoms with van der Waals surface area (Å²) in [7, 11) is 0. The number of rotatable bonds is 3. The van der Waals surface area contributed by atoms with E-state index in [2.05, 4.69) is 5.32 Å². The molecule has 108 valence electrons. The Morgan fingerprint density at radius 2 is 1.75 bits per heavy atom. The van der Waals surface area contributed by atoms with Gasteiger partial charge in [-0.15, -0.1) is 0 Å². The van der Waals surface area contributed by atoms with Gasteiger partial charge in [0.05, 0.1) is 11.8 Å². The van der Waals surface area contributed by atoms with E-state index >= 15 is 0 Å². The van der Waals surface area contributed by atoms with Gasteiger partial charge in [-0.25, -0.2) is 0 Å². The van der Waals surface area contributed by atoms with Crippen LogP contribution in [0.2, 0.25) is 0 Å². The highest BCUT2D eigenvalue weighted by atomic mass is 16.4. The highest BCUT2D eigenvalue weighted by Crippen LogP contribution is 2.31. The molecule has 2 N–H and O–H groups in total. The molecule has 4 nitrogen and oxygen atoms in total. The summed E-state index contributed by atoms with van der Waals surface area (Å²) in [6.45, 7) is 4.01. The van der Waals surface area contributed by atoms with Crippen LogP contribution in [-0.2, 0) is 9.59 Å². The van der Waals surface area contributed by atoms with Crippen molar-refractivity contribution in [3.05, 3.63) is 29.3 Å². The van der Waals surface area contributed by atoms with E-state index in [0.29, 0.717) is 12.8 Å². The summed E-state index contributed by atoms with van der Waals surface area (Å²) < 4.78 is 0. The van der Waals surface area contributed by atoms with Gasteiger partial charge >= 0.3 is 5.97 Å². The first-order chi connectivity index (χ1) is 9.49. The van der Waals surface area contributed by atoms with Crippen molar-refractivity contribution in [2.24, 2.45) is 11.8 Å². The molecule has 0 bridgehead atoms. The molecule has 0 aromatic heterocycles. The van der Waals surface area contributed by atoms with Crippen LogP contribution in [0.5, 0.6) is 0 Å². The van der Waals surface area contributed by atoms with Crippen LogP contribution >= 0.6 is 0 Å². The molecule has 0 spiro atoms. The zero-order valence-electron chi connectivity index (χ0n) is 12.0. The molecule has 0 radical (unpaired) electrons. The number of carbonyl (C=O) groups is 2. The third-order valence-electron chi connectivity index (χ3n) is 4.19. The lowest BCUT2D eigenvalue weighted by Gasteiger charge is -2.27. The Kier molecular flexibility index (Phi) is 4.42. The molecule has 1 amide bonds. The number of benzene rings is 1. The Bertz CT molecular complexity index is 524. The topological polar surface area (TPSA) is 66.4 Å². The number of aliphatic carboxylic acids is 1. The molecule has 1 aliphatic carbocycles. The van der Waals surface area contributed by atoms with Gasteiger partial charge < -0.3 is 10.4 Å². The Morgan fingerprint density at radius 1 is 1.10 bits per heavy atom. The maximum absolute atomic E-state index is 12.3. The number of amides is 1. The molecule has 0 aliphatic heterocycles. The number of carbonyl (C=O) groups excluding carboxylic acids is 1. The fraction of sp³-hybridized carbons (Fsp3) is 0.500. The number of anilines is 1. The van der Waals surface area contributed by atoms with Gasteiger partial charge in [0.15, 0.2) is 0 Å². The van der Waals surface area contributed by atoms with E-state index in [-0.39, 0.29) is 5.91 Å². The minimum atomic E-state index is -0.857. The molecule has 1 aromatic rings. The molecule has 0 saturated heterocycles. The fourth-order valence-electron chi connectivity index (χ4n) is 2.79. The van der Waals surface area contributed by atoms with Crippen LogP contribution in [0.4, 0.5) is 5.69 Å². The number of carboxylic acids is 1. The molecule has 0 unspecified atom stereocenters. The van der Waals surface area contributed by atoms with Crippen LogP contribution in [0, 0.1) is 25.7 Å². The van der Waals surface area contributed by atoms with Gasteiger partial charge in [0.25, 0.3) is 0 Å². The normalized spacial score (nSPS) is 22.3. The molecule has 1 saturated carbocycles. The van der Waals surface area contributed by atoms with Gasteiger partial charge in [0.1, 0.15) is 0 Å². The standard InChI is InChI=1S/C16H21NO3/c1-10-7-8-12(9-11(10)2)17-15(18)13-5-3-4-6-14(13)16(19)20/h7-9,13-14H,3-6H2,1-2H3,(H,17,18)(H,19,20)/t13-,14-/m0/s1. The van der Waals surface area contributed by atoms with Gasteiger partial charge in [-0.1, -0.05) is 18.9 Å². The van der Waals surface area contributed by atoms with Crippen LogP contribution in [-0.4, -0.2) is 17.0 Å². The highest BCUT2D eigenvalue weighted by molar-refractivity contribution is 5.95. The van der Waals surface area contributed by atoms with E-state index in [1.807, 2.05) is 32.0 Å². The molecule has 2 atom stereocenters. The molecule has 1 aliphatic rings. The second kappa shape index (κ2) is 6.07. The van der Waals surface area contributed by atoms with E-state index in [0.717, 1.165) is 24.1 Å². The number of nitrogens with one attached hydrogen (secondary N) is 1. The van der Waals surface area contributed by atoms with Crippen molar-refractivity contribution in [3.63, 3.8) is 0 Å². The molecule has 2 rings (SSSR count). The van der Waals surface area contributed by atoms with E-state index in [1.165, 1.54) is 5.56 Å². The second-order valence-electron chi connectivity index (χ2n) is 5.62. The summed E-state index contributed by atoms with van der Waals surface area (Å²) in [5.74, 6) is -1.98. The third-order valence-corrected chi connectivity index (χ3v) is 4.19. The van der Waals surface area contributed by atoms with Crippen molar-refractivity contribution in [2.75, 3.05) is 5.32 Å². The fourth-order valence-corrected chi connectivity index (χ4v) is 2.79. The largest absolute Gasteiger partial charge is 0.481 e. The Hall–Kier alpha value is -1.84. The second-order valence-corrected chi connectivity index (χ2v) is 5.62. The molecular formula is C16H21NO3. The summed E-state index contributed by atoms with van der Waals surface area (Å²) in [6.07, 6.45) is 3.08. The van der Waals surface area contributed by atoms with Gasteiger partial charge in [-0.3, -0.25) is 9.59 Å². The maximum Gasteiger partial charge on any atom is 0.307 e. The molecule has 20 heavy (non-hydrogen) atoms. The molecule has 0 heterocycles. The van der Waals surface area contributed by atoms with E-state index in [9.17, 15) is 14.7 Å². The number of carboxylic acid groups (broad SMARTS) is 1. The summed E-state index contributed by atoms with van der Waals surface area (Å²) in [5, 5.41) is 12.1. The van der Waals surface area contributed by atoms with Crippen molar-refractivity contribution in [1.82, 2.24) is 0 Å². The predicted molar refractivity (Wildman–Crippen MR) is 77.6 cm³/mol. The average Bonchev–Trinajstić information content (AvgIpc) is 2.43. The zero-order chi connectivity index (χ0) is 14.7. The van der Waals surface area contributed by atoms with Crippen LogP contribution < -0.4 is 5.32 Å². The van der Waals surface area contributed by atoms with Crippen LogP contribution in [0.1, 0.15) is 36.8 Å².